The number of hydrogen-bond donors (Lipinski definition) is 2. The van der Waals surface area contributed by atoms with E-state index in [4.69, 9.17) is 4.74 Å². The van der Waals surface area contributed by atoms with Gasteiger partial charge in [0.15, 0.2) is 0 Å². The molecule has 0 spiro atoms. The summed E-state index contributed by atoms with van der Waals surface area (Å²) in [6, 6.07) is 8.70. The normalized spacial score (nSPS) is 21.4. The van der Waals surface area contributed by atoms with Crippen molar-refractivity contribution in [3.63, 3.8) is 0 Å². The fourth-order valence-corrected chi connectivity index (χ4v) is 2.25. The van der Waals surface area contributed by atoms with E-state index in [0.717, 1.165) is 10.8 Å². The summed E-state index contributed by atoms with van der Waals surface area (Å²) in [7, 11) is 0. The summed E-state index contributed by atoms with van der Waals surface area (Å²) in [4.78, 5) is 36.3. The van der Waals surface area contributed by atoms with Crippen LogP contribution in [-0.4, -0.2) is 35.0 Å². The Balaban J connectivity index is 1.83. The van der Waals surface area contributed by atoms with Gasteiger partial charge in [0.1, 0.15) is 11.3 Å². The van der Waals surface area contributed by atoms with E-state index in [1.165, 1.54) is 0 Å². The van der Waals surface area contributed by atoms with Crippen molar-refractivity contribution < 1.29 is 19.1 Å². The molecular formula is C17H23N3O4. The van der Waals surface area contributed by atoms with Gasteiger partial charge < -0.3 is 10.1 Å². The molecule has 0 radical (unpaired) electrons. The number of nitrogens with zero attached hydrogens (tertiary/aromatic N) is 1. The van der Waals surface area contributed by atoms with Gasteiger partial charge in [0.05, 0.1) is 6.61 Å². The van der Waals surface area contributed by atoms with E-state index in [9.17, 15) is 14.4 Å². The maximum absolute atomic E-state index is 12.2. The Hall–Kier alpha value is -2.57. The quantitative estimate of drug-likeness (QED) is 0.745. The minimum Gasteiger partial charge on any atom is -0.494 e. The van der Waals surface area contributed by atoms with E-state index in [-0.39, 0.29) is 0 Å². The molecule has 1 aromatic carbocycles. The van der Waals surface area contributed by atoms with Crippen LogP contribution in [0.25, 0.3) is 0 Å². The number of para-hydroxylation sites is 1. The molecule has 7 heteroatoms. The molecule has 1 aliphatic heterocycles. The summed E-state index contributed by atoms with van der Waals surface area (Å²) < 4.78 is 5.55. The summed E-state index contributed by atoms with van der Waals surface area (Å²) in [5, 5.41) is 3.35. The number of hydrazine groups is 1. The number of nitrogens with one attached hydrogen (secondary N) is 2. The van der Waals surface area contributed by atoms with Gasteiger partial charge in [-0.25, -0.2) is 4.79 Å². The maximum atomic E-state index is 12.2. The molecule has 1 aliphatic rings. The lowest BCUT2D eigenvalue weighted by molar-refractivity contribution is -0.140. The lowest BCUT2D eigenvalue weighted by Crippen LogP contribution is -2.50. The van der Waals surface area contributed by atoms with Crippen LogP contribution in [0.2, 0.25) is 0 Å². The van der Waals surface area contributed by atoms with E-state index in [1.807, 2.05) is 30.3 Å². The molecule has 2 rings (SSSR count). The summed E-state index contributed by atoms with van der Waals surface area (Å²) in [6.45, 7) is 5.52. The van der Waals surface area contributed by atoms with Crippen LogP contribution >= 0.6 is 0 Å². The number of urea groups is 1. The summed E-state index contributed by atoms with van der Waals surface area (Å²) in [5.41, 5.74) is 1.43. The third-order valence-corrected chi connectivity index (χ3v) is 4.20. The zero-order valence-electron chi connectivity index (χ0n) is 14.2. The van der Waals surface area contributed by atoms with Gasteiger partial charge in [-0.1, -0.05) is 32.0 Å². The first-order valence-corrected chi connectivity index (χ1v) is 8.02. The first-order chi connectivity index (χ1) is 11.4. The van der Waals surface area contributed by atoms with Gasteiger partial charge in [0.25, 0.3) is 5.91 Å². The fraction of sp³-hybridized carbons (Fsp3) is 0.471. The number of carbonyl (C=O) groups is 3. The number of ether oxygens (including phenoxy) is 1. The second-order valence-corrected chi connectivity index (χ2v) is 6.08. The predicted molar refractivity (Wildman–Crippen MR) is 87.9 cm³/mol. The molecule has 1 heterocycles. The van der Waals surface area contributed by atoms with Gasteiger partial charge in [-0.2, -0.15) is 5.01 Å². The lowest BCUT2D eigenvalue weighted by Gasteiger charge is -2.20. The van der Waals surface area contributed by atoms with Crippen molar-refractivity contribution in [2.24, 2.45) is 5.92 Å². The van der Waals surface area contributed by atoms with E-state index in [1.54, 1.807) is 20.8 Å². The van der Waals surface area contributed by atoms with Crippen molar-refractivity contribution in [3.8, 4) is 5.75 Å². The Kier molecular flexibility index (Phi) is 5.43. The largest absolute Gasteiger partial charge is 0.494 e. The molecule has 2 N–H and O–H groups in total. The smallest absolute Gasteiger partial charge is 0.344 e. The standard InChI is InChI=1S/C17H23N3O4/c1-4-17(3)15(22)20(16(23)18-17)19-14(21)12(2)10-11-24-13-8-6-5-7-9-13/h5-9,12H,4,10-11H2,1-3H3,(H,18,23)(H,19,21). The molecule has 2 atom stereocenters. The predicted octanol–water partition coefficient (Wildman–Crippen LogP) is 1.84. The van der Waals surface area contributed by atoms with Gasteiger partial charge in [0.2, 0.25) is 5.91 Å². The Morgan fingerprint density at radius 2 is 2.00 bits per heavy atom. The molecule has 0 bridgehead atoms. The Morgan fingerprint density at radius 3 is 2.58 bits per heavy atom. The van der Waals surface area contributed by atoms with Gasteiger partial charge in [-0.05, 0) is 31.9 Å². The van der Waals surface area contributed by atoms with Gasteiger partial charge in [-0.3, -0.25) is 15.0 Å². The van der Waals surface area contributed by atoms with Gasteiger partial charge in [0, 0.05) is 5.92 Å². The van der Waals surface area contributed by atoms with Crippen LogP contribution in [0.15, 0.2) is 30.3 Å². The molecule has 4 amide bonds. The van der Waals surface area contributed by atoms with Crippen LogP contribution in [0.5, 0.6) is 5.75 Å². The molecule has 24 heavy (non-hydrogen) atoms. The first kappa shape index (κ1) is 17.8. The summed E-state index contributed by atoms with van der Waals surface area (Å²) in [5.74, 6) is -0.507. The van der Waals surface area contributed by atoms with Crippen LogP contribution in [0.1, 0.15) is 33.6 Å². The monoisotopic (exact) mass is 333 g/mol. The zero-order valence-corrected chi connectivity index (χ0v) is 14.2. The molecule has 2 unspecified atom stereocenters. The molecular weight excluding hydrogens is 310 g/mol. The summed E-state index contributed by atoms with van der Waals surface area (Å²) in [6.07, 6.45) is 0.917. The number of imide groups is 1. The Morgan fingerprint density at radius 1 is 1.33 bits per heavy atom. The molecule has 130 valence electrons. The zero-order chi connectivity index (χ0) is 17.7. The van der Waals surface area contributed by atoms with Crippen molar-refractivity contribution >= 4 is 17.8 Å². The van der Waals surface area contributed by atoms with Crippen molar-refractivity contribution in [3.05, 3.63) is 30.3 Å². The highest BCUT2D eigenvalue weighted by Crippen LogP contribution is 2.19. The van der Waals surface area contributed by atoms with E-state index >= 15 is 0 Å². The van der Waals surface area contributed by atoms with E-state index in [2.05, 4.69) is 10.7 Å². The SMILES string of the molecule is CCC1(C)NC(=O)N(NC(=O)C(C)CCOc2ccccc2)C1=O. The van der Waals surface area contributed by atoms with E-state index < -0.39 is 29.3 Å². The number of amides is 4. The molecule has 1 aromatic rings. The number of benzene rings is 1. The molecule has 0 aromatic heterocycles. The third-order valence-electron chi connectivity index (χ3n) is 4.20. The molecule has 0 aliphatic carbocycles. The Bertz CT molecular complexity index is 620. The minimum absolute atomic E-state index is 0.366. The molecule has 0 saturated carbocycles. The van der Waals surface area contributed by atoms with Crippen molar-refractivity contribution in [1.82, 2.24) is 15.8 Å². The third kappa shape index (κ3) is 3.84. The van der Waals surface area contributed by atoms with Crippen molar-refractivity contribution in [2.45, 2.75) is 39.2 Å². The van der Waals surface area contributed by atoms with Crippen molar-refractivity contribution in [2.75, 3.05) is 6.61 Å². The first-order valence-electron chi connectivity index (χ1n) is 8.02. The van der Waals surface area contributed by atoms with Crippen LogP contribution in [0, 0.1) is 5.92 Å². The molecule has 1 fully saturated rings. The second-order valence-electron chi connectivity index (χ2n) is 6.08. The van der Waals surface area contributed by atoms with Crippen LogP contribution in [0.3, 0.4) is 0 Å². The van der Waals surface area contributed by atoms with Crippen molar-refractivity contribution in [1.29, 1.82) is 0 Å². The van der Waals surface area contributed by atoms with E-state index in [0.29, 0.717) is 19.4 Å². The number of rotatable bonds is 7. The highest BCUT2D eigenvalue weighted by Gasteiger charge is 2.47. The summed E-state index contributed by atoms with van der Waals surface area (Å²) >= 11 is 0. The number of hydrogen-bond acceptors (Lipinski definition) is 4. The lowest BCUT2D eigenvalue weighted by atomic mass is 10.00. The molecule has 7 nitrogen and oxygen atoms in total. The molecule has 1 saturated heterocycles. The highest BCUT2D eigenvalue weighted by atomic mass is 16.5. The number of carbonyl (C=O) groups excluding carboxylic acids is 3. The average Bonchev–Trinajstić information content (AvgIpc) is 2.79. The van der Waals surface area contributed by atoms with Crippen LogP contribution in [-0.2, 0) is 9.59 Å². The average molecular weight is 333 g/mol. The van der Waals surface area contributed by atoms with Crippen LogP contribution in [0.4, 0.5) is 4.79 Å². The highest BCUT2D eigenvalue weighted by molar-refractivity contribution is 6.07. The van der Waals surface area contributed by atoms with Crippen LogP contribution < -0.4 is 15.5 Å². The topological polar surface area (TPSA) is 87.7 Å². The fourth-order valence-electron chi connectivity index (χ4n) is 2.25. The van der Waals surface area contributed by atoms with Gasteiger partial charge in [-0.15, -0.1) is 0 Å². The maximum Gasteiger partial charge on any atom is 0.344 e. The van der Waals surface area contributed by atoms with Gasteiger partial charge >= 0.3 is 6.03 Å². The Labute approximate surface area is 141 Å². The minimum atomic E-state index is -0.968. The second kappa shape index (κ2) is 7.33.